The van der Waals surface area contributed by atoms with Gasteiger partial charge in [-0.25, -0.2) is 4.79 Å². The minimum atomic E-state index is -0.827. The molecule has 242 valence electrons. The predicted molar refractivity (Wildman–Crippen MR) is 176 cm³/mol. The molecule has 0 saturated heterocycles. The van der Waals surface area contributed by atoms with Crippen molar-refractivity contribution in [3.05, 3.63) is 47.5 Å². The van der Waals surface area contributed by atoms with Crippen LogP contribution in [-0.2, 0) is 29.3 Å². The highest BCUT2D eigenvalue weighted by Crippen LogP contribution is 2.29. The standard InChI is InChI=1S/C33H54N4O5S/c1-21(2)25(20-22(3)28(38)35-24(18-19-43-12)31(41)42-11)37(10)30(40)27(32(4,5)6)36-29(39)26(34-9)33(7,8)23-16-14-13-15-17-23/h13-17,20-21,24-27,34H,18-19H2,1-12H3,(H,35,38)(H,36,39)/t24?,25-,26-,27-/m1/s1. The maximum Gasteiger partial charge on any atom is 0.328 e. The van der Waals surface area contributed by atoms with E-state index < -0.39 is 46.9 Å². The van der Waals surface area contributed by atoms with Crippen molar-refractivity contribution in [3.8, 4) is 0 Å². The summed E-state index contributed by atoms with van der Waals surface area (Å²) in [6, 6.07) is 7.18. The Hall–Kier alpha value is -2.85. The number of likely N-dealkylation sites (N-methyl/N-ethyl adjacent to an activating group) is 2. The molecule has 0 spiro atoms. The van der Waals surface area contributed by atoms with Crippen LogP contribution in [0, 0.1) is 11.3 Å². The minimum absolute atomic E-state index is 0.0389. The molecule has 4 atom stereocenters. The number of hydrogen-bond donors (Lipinski definition) is 3. The molecule has 1 aromatic rings. The molecule has 10 heteroatoms. The first-order valence-corrected chi connectivity index (χ1v) is 16.2. The lowest BCUT2D eigenvalue weighted by Gasteiger charge is -2.40. The Morgan fingerprint density at radius 1 is 1.00 bits per heavy atom. The zero-order valence-electron chi connectivity index (χ0n) is 28.2. The molecule has 1 aromatic carbocycles. The first kappa shape index (κ1) is 38.2. The second kappa shape index (κ2) is 16.9. The molecule has 0 radical (unpaired) electrons. The molecule has 9 nitrogen and oxygen atoms in total. The normalized spacial score (nSPS) is 15.2. The van der Waals surface area contributed by atoms with Gasteiger partial charge in [0.05, 0.1) is 19.2 Å². The SMILES string of the molecule is CN[C@H](C(=O)N[C@H](C(=O)N(C)[C@H](C=C(C)C(=O)NC(CCSC)C(=O)OC)C(C)C)C(C)(C)C)C(C)(C)c1ccccc1. The van der Waals surface area contributed by atoms with Crippen molar-refractivity contribution in [1.82, 2.24) is 20.9 Å². The number of methoxy groups -OCH3 is 1. The van der Waals surface area contributed by atoms with Crippen LogP contribution >= 0.6 is 11.8 Å². The second-order valence-corrected chi connectivity index (χ2v) is 14.0. The lowest BCUT2D eigenvalue weighted by molar-refractivity contribution is -0.144. The van der Waals surface area contributed by atoms with E-state index in [1.165, 1.54) is 7.11 Å². The van der Waals surface area contributed by atoms with E-state index in [0.717, 1.165) is 5.56 Å². The lowest BCUT2D eigenvalue weighted by Crippen LogP contribution is -2.61. The maximum absolute atomic E-state index is 14.1. The van der Waals surface area contributed by atoms with Crippen molar-refractivity contribution in [1.29, 1.82) is 0 Å². The largest absolute Gasteiger partial charge is 0.467 e. The Labute approximate surface area is 263 Å². The summed E-state index contributed by atoms with van der Waals surface area (Å²) < 4.78 is 4.87. The first-order chi connectivity index (χ1) is 19.9. The summed E-state index contributed by atoms with van der Waals surface area (Å²) in [4.78, 5) is 54.7. The zero-order chi connectivity index (χ0) is 33.1. The van der Waals surface area contributed by atoms with E-state index in [4.69, 9.17) is 4.74 Å². The Morgan fingerprint density at radius 2 is 1.58 bits per heavy atom. The van der Waals surface area contributed by atoms with Gasteiger partial charge in [-0.3, -0.25) is 14.4 Å². The van der Waals surface area contributed by atoms with Gasteiger partial charge in [0.25, 0.3) is 0 Å². The van der Waals surface area contributed by atoms with Crippen molar-refractivity contribution in [2.75, 3.05) is 33.2 Å². The van der Waals surface area contributed by atoms with Gasteiger partial charge in [-0.05, 0) is 49.3 Å². The summed E-state index contributed by atoms with van der Waals surface area (Å²) in [5.74, 6) is -0.785. The third kappa shape index (κ3) is 10.7. The van der Waals surface area contributed by atoms with E-state index in [0.29, 0.717) is 17.7 Å². The number of thioether (sulfide) groups is 1. The number of esters is 1. The quantitative estimate of drug-likeness (QED) is 0.202. The molecular formula is C33H54N4O5S. The van der Waals surface area contributed by atoms with Gasteiger partial charge < -0.3 is 25.6 Å². The van der Waals surface area contributed by atoms with Crippen LogP contribution in [0.5, 0.6) is 0 Å². The van der Waals surface area contributed by atoms with Crippen LogP contribution in [0.2, 0.25) is 0 Å². The van der Waals surface area contributed by atoms with Crippen molar-refractivity contribution >= 4 is 35.5 Å². The maximum atomic E-state index is 14.1. The third-order valence-corrected chi connectivity index (χ3v) is 8.49. The van der Waals surface area contributed by atoms with Gasteiger partial charge >= 0.3 is 5.97 Å². The van der Waals surface area contributed by atoms with E-state index >= 15 is 0 Å². The van der Waals surface area contributed by atoms with Crippen molar-refractivity contribution in [2.45, 2.75) is 91.4 Å². The van der Waals surface area contributed by atoms with Gasteiger partial charge in [0.1, 0.15) is 12.1 Å². The summed E-state index contributed by atoms with van der Waals surface area (Å²) in [6.45, 7) is 15.4. The highest BCUT2D eigenvalue weighted by molar-refractivity contribution is 7.98. The molecule has 1 rings (SSSR count). The predicted octanol–water partition coefficient (Wildman–Crippen LogP) is 3.92. The number of nitrogens with zero attached hydrogens (tertiary/aromatic N) is 1. The number of carbonyl (C=O) groups is 4. The number of nitrogens with one attached hydrogen (secondary N) is 3. The molecule has 0 aliphatic rings. The lowest BCUT2D eigenvalue weighted by atomic mass is 9.76. The van der Waals surface area contributed by atoms with E-state index in [1.54, 1.807) is 43.8 Å². The number of hydrogen-bond acceptors (Lipinski definition) is 7. The van der Waals surface area contributed by atoms with Crippen LogP contribution in [0.1, 0.15) is 67.4 Å². The van der Waals surface area contributed by atoms with E-state index in [9.17, 15) is 19.2 Å². The zero-order valence-corrected chi connectivity index (χ0v) is 29.0. The molecule has 0 bridgehead atoms. The average Bonchev–Trinajstić information content (AvgIpc) is 2.95. The molecule has 43 heavy (non-hydrogen) atoms. The number of amides is 3. The average molecular weight is 619 g/mol. The molecule has 0 heterocycles. The highest BCUT2D eigenvalue weighted by Gasteiger charge is 2.41. The van der Waals surface area contributed by atoms with Gasteiger partial charge in [0.15, 0.2) is 0 Å². The summed E-state index contributed by atoms with van der Waals surface area (Å²) in [5.41, 5.74) is 0.233. The third-order valence-electron chi connectivity index (χ3n) is 7.85. The number of carbonyl (C=O) groups excluding carboxylic acids is 4. The Bertz CT molecular complexity index is 1110. The van der Waals surface area contributed by atoms with Gasteiger partial charge in [-0.2, -0.15) is 11.8 Å². The molecule has 0 fully saturated rings. The number of rotatable bonds is 15. The first-order valence-electron chi connectivity index (χ1n) is 14.8. The summed E-state index contributed by atoms with van der Waals surface area (Å²) >= 11 is 1.58. The number of benzene rings is 1. The van der Waals surface area contributed by atoms with Crippen molar-refractivity contribution in [3.63, 3.8) is 0 Å². The van der Waals surface area contributed by atoms with Crippen LogP contribution in [0.4, 0.5) is 0 Å². The van der Waals surface area contributed by atoms with Gasteiger partial charge in [0.2, 0.25) is 17.7 Å². The van der Waals surface area contributed by atoms with Crippen LogP contribution in [0.3, 0.4) is 0 Å². The monoisotopic (exact) mass is 618 g/mol. The Kier molecular flexibility index (Phi) is 15.0. The molecule has 3 amide bonds. The van der Waals surface area contributed by atoms with Crippen LogP contribution in [0.15, 0.2) is 42.0 Å². The fourth-order valence-electron chi connectivity index (χ4n) is 5.06. The smallest absolute Gasteiger partial charge is 0.328 e. The fourth-order valence-corrected chi connectivity index (χ4v) is 5.53. The highest BCUT2D eigenvalue weighted by atomic mass is 32.2. The van der Waals surface area contributed by atoms with E-state index in [-0.39, 0.29) is 17.7 Å². The molecule has 0 aliphatic carbocycles. The molecule has 1 unspecified atom stereocenters. The topological polar surface area (TPSA) is 117 Å². The van der Waals surface area contributed by atoms with E-state index in [2.05, 4.69) is 16.0 Å². The Balaban J connectivity index is 3.28. The Morgan fingerprint density at radius 3 is 2.05 bits per heavy atom. The molecule has 3 N–H and O–H groups in total. The summed E-state index contributed by atoms with van der Waals surface area (Å²) in [7, 11) is 4.73. The molecule has 0 aliphatic heterocycles. The van der Waals surface area contributed by atoms with E-state index in [1.807, 2.05) is 85.1 Å². The van der Waals surface area contributed by atoms with Crippen LogP contribution < -0.4 is 16.0 Å². The molecule has 0 aromatic heterocycles. The van der Waals surface area contributed by atoms with Crippen LogP contribution in [0.25, 0.3) is 0 Å². The van der Waals surface area contributed by atoms with Gasteiger partial charge in [0, 0.05) is 18.0 Å². The summed E-state index contributed by atoms with van der Waals surface area (Å²) in [6.07, 6.45) is 4.12. The second-order valence-electron chi connectivity index (χ2n) is 13.0. The van der Waals surface area contributed by atoms with Crippen molar-refractivity contribution in [2.24, 2.45) is 11.3 Å². The van der Waals surface area contributed by atoms with Gasteiger partial charge in [-0.1, -0.05) is 84.9 Å². The van der Waals surface area contributed by atoms with Gasteiger partial charge in [-0.15, -0.1) is 0 Å². The van der Waals surface area contributed by atoms with Crippen molar-refractivity contribution < 1.29 is 23.9 Å². The van der Waals surface area contributed by atoms with Crippen LogP contribution in [-0.4, -0.2) is 86.0 Å². The number of ether oxygens (including phenoxy) is 1. The fraction of sp³-hybridized carbons (Fsp3) is 0.636. The summed E-state index contributed by atoms with van der Waals surface area (Å²) in [5, 5.41) is 8.99. The minimum Gasteiger partial charge on any atom is -0.467 e. The molecule has 0 saturated carbocycles. The molecular weight excluding hydrogens is 564 g/mol.